The summed E-state index contributed by atoms with van der Waals surface area (Å²) >= 11 is 0. The molecule has 0 heterocycles. The Balaban J connectivity index is 1.42. The first-order valence-corrected chi connectivity index (χ1v) is 13.1. The Morgan fingerprint density at radius 2 is 1.76 bits per heavy atom. The predicted octanol–water partition coefficient (Wildman–Crippen LogP) is 2.20. The largest absolute Gasteiger partial charge is 0.455 e. The van der Waals surface area contributed by atoms with Crippen LogP contribution in [0.25, 0.3) is 0 Å². The van der Waals surface area contributed by atoms with Crippen molar-refractivity contribution < 1.29 is 27.5 Å². The number of anilines is 1. The normalized spacial score (nSPS) is 29.7. The van der Waals surface area contributed by atoms with E-state index in [2.05, 4.69) is 10.6 Å². The summed E-state index contributed by atoms with van der Waals surface area (Å²) in [6.45, 7) is 2.81. The maximum absolute atomic E-state index is 13.2. The molecule has 4 aliphatic carbocycles. The number of benzene rings is 1. The molecule has 2 N–H and O–H groups in total. The van der Waals surface area contributed by atoms with Crippen LogP contribution in [0.4, 0.5) is 5.69 Å². The Bertz CT molecular complexity index is 1120. The minimum Gasteiger partial charge on any atom is -0.455 e. The van der Waals surface area contributed by atoms with Crippen molar-refractivity contribution in [3.8, 4) is 0 Å². The molecule has 0 spiro atoms. The SMILES string of the molecule is CC(=O)NC12CC3CC(C1)CC(C(=O)OCC(=O)Nc1cc(S(=O)(=O)N(C)C)ccc1C)(C3)C2. The molecule has 34 heavy (non-hydrogen) atoms. The quantitative estimate of drug-likeness (QED) is 0.564. The number of aryl methyl sites for hydroxylation is 1. The number of rotatable bonds is 7. The summed E-state index contributed by atoms with van der Waals surface area (Å²) in [6.07, 6.45) is 4.87. The second-order valence-corrected chi connectivity index (χ2v) is 12.7. The average Bonchev–Trinajstić information content (AvgIpc) is 2.71. The third-order valence-electron chi connectivity index (χ3n) is 7.53. The Labute approximate surface area is 200 Å². The van der Waals surface area contributed by atoms with Crippen molar-refractivity contribution in [1.29, 1.82) is 0 Å². The summed E-state index contributed by atoms with van der Waals surface area (Å²) in [6, 6.07) is 4.51. The fourth-order valence-electron chi connectivity index (χ4n) is 6.60. The molecular weight excluding hydrogens is 458 g/mol. The van der Waals surface area contributed by atoms with E-state index in [4.69, 9.17) is 4.74 Å². The van der Waals surface area contributed by atoms with Crippen molar-refractivity contribution in [3.63, 3.8) is 0 Å². The van der Waals surface area contributed by atoms with Gasteiger partial charge in [-0.25, -0.2) is 12.7 Å². The predicted molar refractivity (Wildman–Crippen MR) is 125 cm³/mol. The summed E-state index contributed by atoms with van der Waals surface area (Å²) < 4.78 is 31.4. The molecule has 4 fully saturated rings. The molecule has 0 aliphatic heterocycles. The number of ether oxygens (including phenoxy) is 1. The lowest BCUT2D eigenvalue weighted by Gasteiger charge is -2.60. The number of esters is 1. The third kappa shape index (κ3) is 4.57. The zero-order valence-electron chi connectivity index (χ0n) is 20.1. The fraction of sp³-hybridized carbons (Fsp3) is 0.625. The lowest BCUT2D eigenvalue weighted by atomic mass is 9.47. The Morgan fingerprint density at radius 3 is 2.35 bits per heavy atom. The summed E-state index contributed by atoms with van der Waals surface area (Å²) in [5.74, 6) is -0.250. The number of nitrogens with zero attached hydrogens (tertiary/aromatic N) is 1. The van der Waals surface area contributed by atoms with Gasteiger partial charge in [0.15, 0.2) is 6.61 Å². The van der Waals surface area contributed by atoms with Crippen LogP contribution in [0, 0.1) is 24.2 Å². The van der Waals surface area contributed by atoms with Gasteiger partial charge >= 0.3 is 5.97 Å². The molecule has 0 saturated heterocycles. The van der Waals surface area contributed by atoms with Crippen molar-refractivity contribution in [3.05, 3.63) is 23.8 Å². The van der Waals surface area contributed by atoms with Gasteiger partial charge in [-0.15, -0.1) is 0 Å². The molecule has 186 valence electrons. The highest BCUT2D eigenvalue weighted by molar-refractivity contribution is 7.89. The monoisotopic (exact) mass is 491 g/mol. The van der Waals surface area contributed by atoms with Crippen molar-refractivity contribution >= 4 is 33.5 Å². The van der Waals surface area contributed by atoms with E-state index < -0.39 is 28.0 Å². The number of hydrogen-bond acceptors (Lipinski definition) is 6. The van der Waals surface area contributed by atoms with Crippen LogP contribution in [0.2, 0.25) is 0 Å². The minimum absolute atomic E-state index is 0.0623. The van der Waals surface area contributed by atoms with Crippen molar-refractivity contribution in [2.24, 2.45) is 17.3 Å². The van der Waals surface area contributed by atoms with Crippen LogP contribution >= 0.6 is 0 Å². The van der Waals surface area contributed by atoms with Crippen LogP contribution in [-0.4, -0.2) is 56.7 Å². The number of hydrogen-bond donors (Lipinski definition) is 2. The lowest BCUT2D eigenvalue weighted by Crippen LogP contribution is -2.64. The molecule has 2 atom stereocenters. The summed E-state index contributed by atoms with van der Waals surface area (Å²) in [5.41, 5.74) is 0.0221. The van der Waals surface area contributed by atoms with E-state index >= 15 is 0 Å². The number of carbonyl (C=O) groups excluding carboxylic acids is 3. The highest BCUT2D eigenvalue weighted by Gasteiger charge is 2.61. The maximum Gasteiger partial charge on any atom is 0.312 e. The van der Waals surface area contributed by atoms with Gasteiger partial charge in [-0.2, -0.15) is 0 Å². The first-order chi connectivity index (χ1) is 15.8. The second-order valence-electron chi connectivity index (χ2n) is 10.6. The van der Waals surface area contributed by atoms with Gasteiger partial charge in [0.1, 0.15) is 0 Å². The van der Waals surface area contributed by atoms with Crippen LogP contribution in [0.1, 0.15) is 51.0 Å². The molecule has 0 aromatic heterocycles. The zero-order valence-corrected chi connectivity index (χ0v) is 21.0. The molecular formula is C24H33N3O6S. The maximum atomic E-state index is 13.2. The van der Waals surface area contributed by atoms with Gasteiger partial charge in [-0.3, -0.25) is 14.4 Å². The molecule has 4 bridgehead atoms. The molecule has 5 rings (SSSR count). The summed E-state index contributed by atoms with van der Waals surface area (Å²) in [4.78, 5) is 37.7. The Hall–Kier alpha value is -2.46. The average molecular weight is 492 g/mol. The van der Waals surface area contributed by atoms with Crippen LogP contribution in [0.3, 0.4) is 0 Å². The molecule has 0 radical (unpaired) electrons. The van der Waals surface area contributed by atoms with Gasteiger partial charge in [0.05, 0.1) is 10.3 Å². The van der Waals surface area contributed by atoms with Gasteiger partial charge < -0.3 is 15.4 Å². The first-order valence-electron chi connectivity index (χ1n) is 11.6. The standard InChI is InChI=1S/C24H33N3O6S/c1-15-5-6-19(34(31,32)27(3)4)8-20(15)25-21(29)13-33-22(30)23-9-17-7-18(10-23)12-24(11-17,14-23)26-16(2)28/h5-6,8,17-18H,7,9-14H2,1-4H3,(H,25,29)(H,26,28). The lowest BCUT2D eigenvalue weighted by molar-refractivity contribution is -0.176. The van der Waals surface area contributed by atoms with Crippen LogP contribution < -0.4 is 10.6 Å². The van der Waals surface area contributed by atoms with E-state index in [1.54, 1.807) is 13.0 Å². The van der Waals surface area contributed by atoms with Gasteiger partial charge in [0.2, 0.25) is 15.9 Å². The molecule has 4 aliphatic rings. The third-order valence-corrected chi connectivity index (χ3v) is 9.34. The highest BCUT2D eigenvalue weighted by atomic mass is 32.2. The van der Waals surface area contributed by atoms with Gasteiger partial charge in [-0.05, 0) is 75.0 Å². The topological polar surface area (TPSA) is 122 Å². The van der Waals surface area contributed by atoms with Crippen LogP contribution in [0.5, 0.6) is 0 Å². The van der Waals surface area contributed by atoms with E-state index in [0.717, 1.165) is 36.4 Å². The van der Waals surface area contributed by atoms with E-state index in [-0.39, 0.29) is 22.3 Å². The first kappa shape index (κ1) is 24.7. The minimum atomic E-state index is -3.65. The number of amides is 2. The van der Waals surface area contributed by atoms with Crippen LogP contribution in [-0.2, 0) is 29.1 Å². The summed E-state index contributed by atoms with van der Waals surface area (Å²) in [7, 11) is -0.776. The van der Waals surface area contributed by atoms with E-state index in [0.29, 0.717) is 29.5 Å². The molecule has 9 nitrogen and oxygen atoms in total. The zero-order chi connectivity index (χ0) is 24.9. The second kappa shape index (κ2) is 8.64. The molecule has 4 saturated carbocycles. The molecule has 10 heteroatoms. The van der Waals surface area contributed by atoms with Crippen LogP contribution in [0.15, 0.2) is 23.1 Å². The Kier molecular flexibility index (Phi) is 6.27. The highest BCUT2D eigenvalue weighted by Crippen LogP contribution is 2.62. The smallest absolute Gasteiger partial charge is 0.312 e. The number of sulfonamides is 1. The Morgan fingerprint density at radius 1 is 1.12 bits per heavy atom. The number of nitrogens with one attached hydrogen (secondary N) is 2. The fourth-order valence-corrected chi connectivity index (χ4v) is 7.53. The molecule has 1 aromatic carbocycles. The van der Waals surface area contributed by atoms with Crippen molar-refractivity contribution in [2.45, 2.75) is 62.8 Å². The van der Waals surface area contributed by atoms with Gasteiger partial charge in [-0.1, -0.05) is 6.07 Å². The number of carbonyl (C=O) groups is 3. The van der Waals surface area contributed by atoms with Gasteiger partial charge in [0.25, 0.3) is 5.91 Å². The van der Waals surface area contributed by atoms with Crippen molar-refractivity contribution in [2.75, 3.05) is 26.0 Å². The molecule has 2 unspecified atom stereocenters. The molecule has 1 aromatic rings. The van der Waals surface area contributed by atoms with Crippen molar-refractivity contribution in [1.82, 2.24) is 9.62 Å². The van der Waals surface area contributed by atoms with E-state index in [1.165, 1.54) is 33.2 Å². The van der Waals surface area contributed by atoms with E-state index in [1.807, 2.05) is 0 Å². The summed E-state index contributed by atoms with van der Waals surface area (Å²) in [5, 5.41) is 5.79. The molecule has 2 amide bonds. The van der Waals surface area contributed by atoms with E-state index in [9.17, 15) is 22.8 Å². The van der Waals surface area contributed by atoms with Gasteiger partial charge in [0, 0.05) is 32.2 Å².